The number of rotatable bonds is 5. The van der Waals surface area contributed by atoms with Gasteiger partial charge in [-0.1, -0.05) is 18.2 Å². The van der Waals surface area contributed by atoms with E-state index in [0.717, 1.165) is 27.6 Å². The van der Waals surface area contributed by atoms with Crippen LogP contribution in [0.15, 0.2) is 41.8 Å². The maximum absolute atomic E-state index is 12.4. The zero-order valence-corrected chi connectivity index (χ0v) is 16.4. The number of hydrogen-bond acceptors (Lipinski definition) is 4. The molecule has 27 heavy (non-hydrogen) atoms. The quantitative estimate of drug-likeness (QED) is 0.577. The van der Waals surface area contributed by atoms with E-state index in [-0.39, 0.29) is 5.91 Å². The van der Waals surface area contributed by atoms with E-state index >= 15 is 0 Å². The Morgan fingerprint density at radius 3 is 2.78 bits per heavy atom. The van der Waals surface area contributed by atoms with Crippen molar-refractivity contribution in [2.45, 2.75) is 20.4 Å². The zero-order valence-electron chi connectivity index (χ0n) is 15.6. The summed E-state index contributed by atoms with van der Waals surface area (Å²) in [5, 5.41) is 11.2. The Morgan fingerprint density at radius 2 is 2.04 bits per heavy atom. The Balaban J connectivity index is 1.46. The van der Waals surface area contributed by atoms with Crippen molar-refractivity contribution in [1.82, 2.24) is 24.6 Å². The summed E-state index contributed by atoms with van der Waals surface area (Å²) in [6.45, 7) is 5.14. The second-order valence-corrected chi connectivity index (χ2v) is 7.45. The topological polar surface area (TPSA) is 64.7 Å². The number of hydrogen-bond donors (Lipinski definition) is 1. The van der Waals surface area contributed by atoms with Gasteiger partial charge in [0, 0.05) is 35.6 Å². The van der Waals surface area contributed by atoms with Crippen LogP contribution in [0.25, 0.3) is 21.6 Å². The number of benzene rings is 1. The number of fused-ring (bicyclic) bond motifs is 1. The first-order chi connectivity index (χ1) is 13.0. The van der Waals surface area contributed by atoms with E-state index in [1.807, 2.05) is 49.2 Å². The molecule has 0 bridgehead atoms. The molecule has 0 aliphatic heterocycles. The number of amides is 1. The van der Waals surface area contributed by atoms with Crippen LogP contribution in [0.5, 0.6) is 0 Å². The average Bonchev–Trinajstić information content (AvgIpc) is 3.33. The standard InChI is InChI=1S/C20H21N5OS/c1-13-10-14(2)25(23-13)9-8-21-19(26)16-12-27-20(22-16)18-11-15-6-4-5-7-17(15)24(18)3/h4-7,10-12H,8-9H2,1-3H3,(H,21,26). The highest BCUT2D eigenvalue weighted by atomic mass is 32.1. The van der Waals surface area contributed by atoms with Crippen LogP contribution in [0.2, 0.25) is 0 Å². The lowest BCUT2D eigenvalue weighted by Gasteiger charge is -2.05. The molecule has 4 rings (SSSR count). The smallest absolute Gasteiger partial charge is 0.270 e. The van der Waals surface area contributed by atoms with Gasteiger partial charge in [0.2, 0.25) is 0 Å². The molecular formula is C20H21N5OS. The van der Waals surface area contributed by atoms with E-state index in [1.165, 1.54) is 16.7 Å². The van der Waals surface area contributed by atoms with E-state index in [0.29, 0.717) is 18.8 Å². The van der Waals surface area contributed by atoms with Crippen molar-refractivity contribution in [2.24, 2.45) is 7.05 Å². The lowest BCUT2D eigenvalue weighted by Crippen LogP contribution is -2.28. The molecule has 0 saturated carbocycles. The molecule has 0 aliphatic rings. The number of aromatic nitrogens is 4. The van der Waals surface area contributed by atoms with Crippen LogP contribution in [-0.2, 0) is 13.6 Å². The zero-order chi connectivity index (χ0) is 19.0. The fraction of sp³-hybridized carbons (Fsp3) is 0.250. The van der Waals surface area contributed by atoms with Gasteiger partial charge in [-0.3, -0.25) is 9.48 Å². The third-order valence-corrected chi connectivity index (χ3v) is 5.48. The number of carbonyl (C=O) groups is 1. The van der Waals surface area contributed by atoms with Gasteiger partial charge in [-0.2, -0.15) is 5.10 Å². The molecule has 0 spiro atoms. The molecule has 1 amide bonds. The normalized spacial score (nSPS) is 11.2. The average molecular weight is 379 g/mol. The van der Waals surface area contributed by atoms with Gasteiger partial charge in [-0.05, 0) is 32.0 Å². The minimum atomic E-state index is -0.155. The lowest BCUT2D eigenvalue weighted by atomic mass is 10.2. The summed E-state index contributed by atoms with van der Waals surface area (Å²) in [6.07, 6.45) is 0. The molecule has 3 heterocycles. The molecule has 0 saturated heterocycles. The number of nitrogens with one attached hydrogen (secondary N) is 1. The molecule has 0 fully saturated rings. The van der Waals surface area contributed by atoms with Gasteiger partial charge in [0.15, 0.2) is 0 Å². The monoisotopic (exact) mass is 379 g/mol. The maximum atomic E-state index is 12.4. The predicted molar refractivity (Wildman–Crippen MR) is 108 cm³/mol. The summed E-state index contributed by atoms with van der Waals surface area (Å²) >= 11 is 1.49. The highest BCUT2D eigenvalue weighted by Crippen LogP contribution is 2.29. The highest BCUT2D eigenvalue weighted by molar-refractivity contribution is 7.13. The van der Waals surface area contributed by atoms with Crippen molar-refractivity contribution in [2.75, 3.05) is 6.54 Å². The van der Waals surface area contributed by atoms with Gasteiger partial charge in [0.1, 0.15) is 10.7 Å². The van der Waals surface area contributed by atoms with E-state index in [1.54, 1.807) is 0 Å². The molecule has 138 valence electrons. The molecule has 0 atom stereocenters. The molecule has 0 radical (unpaired) electrons. The molecule has 1 N–H and O–H groups in total. The van der Waals surface area contributed by atoms with Crippen LogP contribution in [0.4, 0.5) is 0 Å². The first kappa shape index (κ1) is 17.5. The van der Waals surface area contributed by atoms with Crippen LogP contribution >= 0.6 is 11.3 Å². The van der Waals surface area contributed by atoms with Crippen molar-refractivity contribution >= 4 is 28.1 Å². The van der Waals surface area contributed by atoms with E-state index in [9.17, 15) is 4.79 Å². The van der Waals surface area contributed by atoms with Gasteiger partial charge in [0.25, 0.3) is 5.91 Å². The van der Waals surface area contributed by atoms with Crippen LogP contribution < -0.4 is 5.32 Å². The van der Waals surface area contributed by atoms with Crippen LogP contribution in [0, 0.1) is 13.8 Å². The Hall–Kier alpha value is -2.93. The SMILES string of the molecule is Cc1cc(C)n(CCNC(=O)c2csc(-c3cc4ccccc4n3C)n2)n1. The fourth-order valence-electron chi connectivity index (χ4n) is 3.26. The summed E-state index contributed by atoms with van der Waals surface area (Å²) in [5.41, 5.74) is 4.70. The second kappa shape index (κ2) is 7.00. The molecule has 1 aromatic carbocycles. The van der Waals surface area contributed by atoms with Gasteiger partial charge < -0.3 is 9.88 Å². The van der Waals surface area contributed by atoms with Crippen molar-refractivity contribution < 1.29 is 4.79 Å². The number of aryl methyl sites for hydroxylation is 3. The number of thiazole rings is 1. The van der Waals surface area contributed by atoms with Crippen molar-refractivity contribution in [3.05, 3.63) is 58.9 Å². The molecule has 7 heteroatoms. The number of para-hydroxylation sites is 1. The molecule has 6 nitrogen and oxygen atoms in total. The minimum absolute atomic E-state index is 0.155. The first-order valence-corrected chi connectivity index (χ1v) is 9.70. The first-order valence-electron chi connectivity index (χ1n) is 8.82. The van der Waals surface area contributed by atoms with Gasteiger partial charge in [0.05, 0.1) is 17.9 Å². The summed E-state index contributed by atoms with van der Waals surface area (Å²) < 4.78 is 4.01. The second-order valence-electron chi connectivity index (χ2n) is 6.59. The fourth-order valence-corrected chi connectivity index (χ4v) is 4.11. The van der Waals surface area contributed by atoms with Gasteiger partial charge >= 0.3 is 0 Å². The van der Waals surface area contributed by atoms with Crippen molar-refractivity contribution in [3.63, 3.8) is 0 Å². The number of carbonyl (C=O) groups excluding carboxylic acids is 1. The largest absolute Gasteiger partial charge is 0.349 e. The number of nitrogens with zero attached hydrogens (tertiary/aromatic N) is 4. The van der Waals surface area contributed by atoms with Crippen molar-refractivity contribution in [1.29, 1.82) is 0 Å². The Morgan fingerprint density at radius 1 is 1.22 bits per heavy atom. The van der Waals surface area contributed by atoms with Crippen molar-refractivity contribution in [3.8, 4) is 10.7 Å². The van der Waals surface area contributed by atoms with Gasteiger partial charge in [-0.15, -0.1) is 11.3 Å². The predicted octanol–water partition coefficient (Wildman–Crippen LogP) is 3.55. The van der Waals surface area contributed by atoms with E-state index in [2.05, 4.69) is 38.2 Å². The third kappa shape index (κ3) is 3.38. The Kier molecular flexibility index (Phi) is 4.53. The Labute approximate surface area is 161 Å². The van der Waals surface area contributed by atoms with Crippen LogP contribution in [-0.4, -0.2) is 31.8 Å². The molecule has 0 unspecified atom stereocenters. The summed E-state index contributed by atoms with van der Waals surface area (Å²) in [6, 6.07) is 12.3. The lowest BCUT2D eigenvalue weighted by molar-refractivity contribution is 0.0947. The molecular weight excluding hydrogens is 358 g/mol. The van der Waals surface area contributed by atoms with Crippen LogP contribution in [0.1, 0.15) is 21.9 Å². The summed E-state index contributed by atoms with van der Waals surface area (Å²) in [7, 11) is 2.02. The Bertz CT molecular complexity index is 1120. The molecule has 4 aromatic rings. The molecule has 0 aliphatic carbocycles. The maximum Gasteiger partial charge on any atom is 0.270 e. The van der Waals surface area contributed by atoms with Crippen LogP contribution in [0.3, 0.4) is 0 Å². The third-order valence-electron chi connectivity index (χ3n) is 4.62. The highest BCUT2D eigenvalue weighted by Gasteiger charge is 2.15. The van der Waals surface area contributed by atoms with E-state index < -0.39 is 0 Å². The minimum Gasteiger partial charge on any atom is -0.349 e. The van der Waals surface area contributed by atoms with E-state index in [4.69, 9.17) is 0 Å². The molecule has 3 aromatic heterocycles. The summed E-state index contributed by atoms with van der Waals surface area (Å²) in [5.74, 6) is -0.155. The summed E-state index contributed by atoms with van der Waals surface area (Å²) in [4.78, 5) is 17.0. The van der Waals surface area contributed by atoms with Gasteiger partial charge in [-0.25, -0.2) is 4.98 Å².